The fraction of sp³-hybridized carbons (Fsp3) is 0.754. The molecule has 3 heterocycles. The number of nitrogens with one attached hydrogen (secondary N) is 1. The predicted octanol–water partition coefficient (Wildman–Crippen LogP) is 5.20. The summed E-state index contributed by atoms with van der Waals surface area (Å²) in [5, 5.41) is 119. The highest BCUT2D eigenvalue weighted by atomic mass is 16.8. The minimum atomic E-state index is -1.97. The van der Waals surface area contributed by atoms with Crippen LogP contribution in [0.25, 0.3) is 0 Å². The van der Waals surface area contributed by atoms with Gasteiger partial charge in [0.2, 0.25) is 5.91 Å². The number of rotatable bonds is 42. The van der Waals surface area contributed by atoms with Gasteiger partial charge in [0.1, 0.15) is 73.2 Å². The lowest BCUT2D eigenvalue weighted by Crippen LogP contribution is -2.66. The molecule has 0 aromatic heterocycles. The second-order valence-corrected chi connectivity index (χ2v) is 21.1. The van der Waals surface area contributed by atoms with Gasteiger partial charge < -0.3 is 89.9 Å². The predicted molar refractivity (Wildman–Crippen MR) is 304 cm³/mol. The molecule has 12 N–H and O–H groups in total. The van der Waals surface area contributed by atoms with Crippen molar-refractivity contribution >= 4 is 5.91 Å². The van der Waals surface area contributed by atoms with Crippen LogP contribution in [0.5, 0.6) is 0 Å². The van der Waals surface area contributed by atoms with Crippen LogP contribution in [0.2, 0.25) is 0 Å². The summed E-state index contributed by atoms with van der Waals surface area (Å²) in [6, 6.07) is -0.891. The molecule has 0 spiro atoms. The van der Waals surface area contributed by atoms with E-state index >= 15 is 0 Å². The van der Waals surface area contributed by atoms with Crippen LogP contribution >= 0.6 is 0 Å². The van der Waals surface area contributed by atoms with Crippen LogP contribution in [0.3, 0.4) is 0 Å². The second kappa shape index (κ2) is 43.6. The largest absolute Gasteiger partial charge is 0.394 e. The average Bonchev–Trinajstić information content (AvgIpc) is 3.58. The number of allylic oxidation sites excluding steroid dienone is 14. The minimum absolute atomic E-state index is 0.251. The molecule has 3 aliphatic rings. The van der Waals surface area contributed by atoms with Crippen molar-refractivity contribution in [1.82, 2.24) is 5.32 Å². The highest BCUT2D eigenvalue weighted by molar-refractivity contribution is 5.76. The molecule has 80 heavy (non-hydrogen) atoms. The first-order chi connectivity index (χ1) is 38.8. The van der Waals surface area contributed by atoms with Crippen molar-refractivity contribution in [3.8, 4) is 0 Å². The summed E-state index contributed by atoms with van der Waals surface area (Å²) < 4.78 is 34.1. The molecule has 0 radical (unpaired) electrons. The lowest BCUT2D eigenvalue weighted by molar-refractivity contribution is -0.379. The van der Waals surface area contributed by atoms with Gasteiger partial charge in [0.25, 0.3) is 0 Å². The molecule has 17 unspecified atom stereocenters. The summed E-state index contributed by atoms with van der Waals surface area (Å²) in [4.78, 5) is 13.2. The molecule has 460 valence electrons. The van der Waals surface area contributed by atoms with Crippen molar-refractivity contribution < 1.29 is 89.4 Å². The van der Waals surface area contributed by atoms with E-state index in [-0.39, 0.29) is 18.9 Å². The quantitative estimate of drug-likeness (QED) is 0.0276. The van der Waals surface area contributed by atoms with Crippen LogP contribution in [0, 0.1) is 0 Å². The van der Waals surface area contributed by atoms with Gasteiger partial charge in [-0.05, 0) is 70.6 Å². The molecule has 0 saturated carbocycles. The molecule has 0 aromatic carbocycles. The Labute approximate surface area is 476 Å². The lowest BCUT2D eigenvalue weighted by Gasteiger charge is -2.48. The van der Waals surface area contributed by atoms with Crippen molar-refractivity contribution in [3.05, 3.63) is 85.1 Å². The van der Waals surface area contributed by atoms with Crippen molar-refractivity contribution in [2.24, 2.45) is 0 Å². The van der Waals surface area contributed by atoms with E-state index in [0.29, 0.717) is 19.3 Å². The number of aliphatic hydroxyl groups excluding tert-OH is 11. The van der Waals surface area contributed by atoms with E-state index in [2.05, 4.69) is 104 Å². The normalized spacial score (nSPS) is 30.6. The molecule has 3 rings (SSSR count). The summed E-state index contributed by atoms with van der Waals surface area (Å²) in [7, 11) is 0. The summed E-state index contributed by atoms with van der Waals surface area (Å²) in [5.74, 6) is -0.264. The fourth-order valence-corrected chi connectivity index (χ4v) is 9.58. The number of carbonyl (C=O) groups is 1. The van der Waals surface area contributed by atoms with Crippen LogP contribution < -0.4 is 5.32 Å². The highest BCUT2D eigenvalue weighted by Gasteiger charge is 2.53. The Bertz CT molecular complexity index is 1790. The van der Waals surface area contributed by atoms with Crippen LogP contribution in [0.1, 0.15) is 162 Å². The fourth-order valence-electron chi connectivity index (χ4n) is 9.58. The average molecular weight is 1140 g/mol. The Morgan fingerprint density at radius 2 is 0.863 bits per heavy atom. The van der Waals surface area contributed by atoms with E-state index in [1.54, 1.807) is 0 Å². The minimum Gasteiger partial charge on any atom is -0.394 e. The molecule has 19 nitrogen and oxygen atoms in total. The Morgan fingerprint density at radius 3 is 1.34 bits per heavy atom. The van der Waals surface area contributed by atoms with Crippen molar-refractivity contribution in [2.45, 2.75) is 266 Å². The van der Waals surface area contributed by atoms with Gasteiger partial charge in [-0.25, -0.2) is 0 Å². The number of carbonyl (C=O) groups excluding carboxylic acids is 1. The zero-order valence-electron chi connectivity index (χ0n) is 47.8. The van der Waals surface area contributed by atoms with Gasteiger partial charge in [-0.15, -0.1) is 0 Å². The molecule has 3 saturated heterocycles. The van der Waals surface area contributed by atoms with Crippen LogP contribution in [-0.4, -0.2) is 193 Å². The van der Waals surface area contributed by atoms with E-state index in [1.165, 1.54) is 25.7 Å². The lowest BCUT2D eigenvalue weighted by atomic mass is 9.96. The Kier molecular flexibility index (Phi) is 38.8. The van der Waals surface area contributed by atoms with Crippen molar-refractivity contribution in [3.63, 3.8) is 0 Å². The molecule has 3 fully saturated rings. The molecular weight excluding hydrogens is 1030 g/mol. The van der Waals surface area contributed by atoms with E-state index < -0.39 is 124 Å². The molecule has 0 bridgehead atoms. The first-order valence-electron chi connectivity index (χ1n) is 29.8. The number of unbranched alkanes of at least 4 members (excludes halogenated alkanes) is 12. The van der Waals surface area contributed by atoms with Crippen molar-refractivity contribution in [1.29, 1.82) is 0 Å². The van der Waals surface area contributed by atoms with Crippen LogP contribution in [0.15, 0.2) is 85.1 Å². The van der Waals surface area contributed by atoms with E-state index in [0.717, 1.165) is 96.3 Å². The van der Waals surface area contributed by atoms with E-state index in [4.69, 9.17) is 28.4 Å². The third-order valence-corrected chi connectivity index (χ3v) is 14.5. The summed E-state index contributed by atoms with van der Waals surface area (Å²) in [6.07, 6.45) is 26.3. The maximum absolute atomic E-state index is 13.2. The zero-order chi connectivity index (χ0) is 58.3. The molecule has 3 aliphatic heterocycles. The number of hydrogen-bond acceptors (Lipinski definition) is 18. The SMILES string of the molecule is CC/C=C\C/C=C\C/C=C\C/C=C\C/C=C\C/C=C\C/C=C\CCCCCCCCCCCC(=O)NC(COC1OC(CO)C(OC2OC(CO)C(OC3OC(CO)C(O)C(O)C3O)C(O)C2O)C(O)C1O)C(O)CCCCCC. The molecule has 0 aliphatic carbocycles. The Morgan fingerprint density at radius 1 is 0.463 bits per heavy atom. The maximum atomic E-state index is 13.2. The first kappa shape index (κ1) is 71.2. The molecule has 19 heteroatoms. The molecular formula is C61H103NO18. The van der Waals surface area contributed by atoms with Gasteiger partial charge >= 0.3 is 0 Å². The molecule has 0 aromatic rings. The number of hydrogen-bond donors (Lipinski definition) is 12. The highest BCUT2D eigenvalue weighted by Crippen LogP contribution is 2.33. The van der Waals surface area contributed by atoms with Gasteiger partial charge in [-0.3, -0.25) is 4.79 Å². The summed E-state index contributed by atoms with van der Waals surface area (Å²) in [6.45, 7) is 1.49. The van der Waals surface area contributed by atoms with Gasteiger partial charge in [-0.1, -0.05) is 170 Å². The number of ether oxygens (including phenoxy) is 6. The number of amides is 1. The Hall–Kier alpha value is -3.03. The smallest absolute Gasteiger partial charge is 0.220 e. The third-order valence-electron chi connectivity index (χ3n) is 14.5. The standard InChI is InChI=1S/C61H103NO18/c1-3-5-7-9-10-11-12-13-14-15-16-17-18-19-20-21-22-23-24-25-26-27-28-29-30-31-32-33-34-35-37-39-49(67)62-44(45(66)38-36-8-6-4-2)43-75-59-55(73)52(70)57(47(41-64)77-59)80-61-56(74)53(71)58(48(42-65)78-61)79-60-54(72)51(69)50(68)46(40-63)76-60/h5,7,10-11,13-14,16-17,19-20,22-23,25-26,44-48,50-61,63-66,68-74H,3-4,6,8-9,12,15,18,21,24,27-43H2,1-2H3,(H,62,67)/b7-5-,11-10-,14-13-,17-16-,20-19-,23-22-,26-25-. The molecule has 1 amide bonds. The van der Waals surface area contributed by atoms with E-state index in [1.807, 2.05) is 0 Å². The van der Waals surface area contributed by atoms with Gasteiger partial charge in [0, 0.05) is 6.42 Å². The first-order valence-corrected chi connectivity index (χ1v) is 29.8. The van der Waals surface area contributed by atoms with Crippen molar-refractivity contribution in [2.75, 3.05) is 26.4 Å². The van der Waals surface area contributed by atoms with Gasteiger partial charge in [0.15, 0.2) is 18.9 Å². The number of aliphatic hydroxyl groups is 11. The summed E-state index contributed by atoms with van der Waals surface area (Å²) >= 11 is 0. The van der Waals surface area contributed by atoms with Crippen LogP contribution in [0.4, 0.5) is 0 Å². The van der Waals surface area contributed by atoms with Gasteiger partial charge in [-0.2, -0.15) is 0 Å². The second-order valence-electron chi connectivity index (χ2n) is 21.1. The topological polar surface area (TPSA) is 307 Å². The third kappa shape index (κ3) is 27.1. The van der Waals surface area contributed by atoms with Crippen LogP contribution in [-0.2, 0) is 33.2 Å². The zero-order valence-corrected chi connectivity index (χ0v) is 47.8. The monoisotopic (exact) mass is 1140 g/mol. The molecule has 17 atom stereocenters. The van der Waals surface area contributed by atoms with Gasteiger partial charge in [0.05, 0.1) is 38.6 Å². The Balaban J connectivity index is 1.32. The maximum Gasteiger partial charge on any atom is 0.220 e. The van der Waals surface area contributed by atoms with E-state index in [9.17, 15) is 61.0 Å². The summed E-state index contributed by atoms with van der Waals surface area (Å²) in [5.41, 5.74) is 0.